The van der Waals surface area contributed by atoms with Gasteiger partial charge in [0.1, 0.15) is 0 Å². The van der Waals surface area contributed by atoms with Crippen molar-refractivity contribution < 1.29 is 9.84 Å². The minimum Gasteiger partial charge on any atom is -0.389 e. The van der Waals surface area contributed by atoms with Gasteiger partial charge in [0.05, 0.1) is 22.9 Å². The summed E-state index contributed by atoms with van der Waals surface area (Å²) in [5.74, 6) is 0. The molecule has 0 spiro atoms. The first-order chi connectivity index (χ1) is 10.1. The molecule has 2 unspecified atom stereocenters. The summed E-state index contributed by atoms with van der Waals surface area (Å²) < 4.78 is 7.71. The first kappa shape index (κ1) is 14.5. The Kier molecular flexibility index (Phi) is 4.00. The third-order valence-electron chi connectivity index (χ3n) is 4.51. The minimum atomic E-state index is -0.686. The Bertz CT molecular complexity index is 622. The molecule has 0 aliphatic carbocycles. The SMILES string of the molecule is CCC1CC(O)(Cc2nn(CC)c3ccccc23)CCO1. The Balaban J connectivity index is 1.90. The largest absolute Gasteiger partial charge is 0.389 e. The maximum absolute atomic E-state index is 10.9. The van der Waals surface area contributed by atoms with Gasteiger partial charge in [-0.05, 0) is 25.8 Å². The first-order valence-corrected chi connectivity index (χ1v) is 7.93. The summed E-state index contributed by atoms with van der Waals surface area (Å²) >= 11 is 0. The Labute approximate surface area is 125 Å². The number of aliphatic hydroxyl groups is 1. The number of hydrogen-bond donors (Lipinski definition) is 1. The maximum Gasteiger partial charge on any atom is 0.0750 e. The van der Waals surface area contributed by atoms with E-state index in [1.165, 1.54) is 0 Å². The number of fused-ring (bicyclic) bond motifs is 1. The van der Waals surface area contributed by atoms with Gasteiger partial charge in [0, 0.05) is 31.4 Å². The summed E-state index contributed by atoms with van der Waals surface area (Å²) in [6, 6.07) is 8.27. The van der Waals surface area contributed by atoms with Gasteiger partial charge in [0.2, 0.25) is 0 Å². The molecule has 1 N–H and O–H groups in total. The number of rotatable bonds is 4. The third kappa shape index (κ3) is 2.83. The Hall–Kier alpha value is -1.39. The summed E-state index contributed by atoms with van der Waals surface area (Å²) in [6.45, 7) is 5.69. The van der Waals surface area contributed by atoms with E-state index in [4.69, 9.17) is 9.84 Å². The Morgan fingerprint density at radius 1 is 1.38 bits per heavy atom. The fourth-order valence-electron chi connectivity index (χ4n) is 3.30. The van der Waals surface area contributed by atoms with Crippen LogP contribution in [0.5, 0.6) is 0 Å². The van der Waals surface area contributed by atoms with Gasteiger partial charge in [0.15, 0.2) is 0 Å². The minimum absolute atomic E-state index is 0.170. The quantitative estimate of drug-likeness (QED) is 0.941. The zero-order valence-corrected chi connectivity index (χ0v) is 12.9. The summed E-state index contributed by atoms with van der Waals surface area (Å²) in [6.07, 6.45) is 3.13. The predicted octanol–water partition coefficient (Wildman–Crippen LogP) is 2.92. The molecule has 3 rings (SSSR count). The van der Waals surface area contributed by atoms with Gasteiger partial charge >= 0.3 is 0 Å². The van der Waals surface area contributed by atoms with Crippen LogP contribution >= 0.6 is 0 Å². The van der Waals surface area contributed by atoms with E-state index in [-0.39, 0.29) is 6.10 Å². The fourth-order valence-corrected chi connectivity index (χ4v) is 3.30. The lowest BCUT2D eigenvalue weighted by Crippen LogP contribution is -2.42. The lowest BCUT2D eigenvalue weighted by atomic mass is 9.85. The lowest BCUT2D eigenvalue weighted by molar-refractivity contribution is -0.103. The molecule has 4 nitrogen and oxygen atoms in total. The van der Waals surface area contributed by atoms with Crippen LogP contribution in [-0.4, -0.2) is 33.2 Å². The number of para-hydroxylation sites is 1. The van der Waals surface area contributed by atoms with Gasteiger partial charge < -0.3 is 9.84 Å². The van der Waals surface area contributed by atoms with Crippen molar-refractivity contribution in [1.82, 2.24) is 9.78 Å². The molecule has 114 valence electrons. The molecule has 0 amide bonds. The number of nitrogens with zero attached hydrogens (tertiary/aromatic N) is 2. The lowest BCUT2D eigenvalue weighted by Gasteiger charge is -2.36. The topological polar surface area (TPSA) is 47.3 Å². The van der Waals surface area contributed by atoms with Crippen molar-refractivity contribution in [3.8, 4) is 0 Å². The average molecular weight is 288 g/mol. The maximum atomic E-state index is 10.9. The predicted molar refractivity (Wildman–Crippen MR) is 83.3 cm³/mol. The highest BCUT2D eigenvalue weighted by molar-refractivity contribution is 5.82. The molecular formula is C17H24N2O2. The van der Waals surface area contributed by atoms with Crippen molar-refractivity contribution in [1.29, 1.82) is 0 Å². The van der Waals surface area contributed by atoms with Crippen LogP contribution in [-0.2, 0) is 17.7 Å². The fraction of sp³-hybridized carbons (Fsp3) is 0.588. The molecule has 2 heterocycles. The molecule has 1 aromatic heterocycles. The highest BCUT2D eigenvalue weighted by atomic mass is 16.5. The number of aromatic nitrogens is 2. The molecule has 4 heteroatoms. The smallest absolute Gasteiger partial charge is 0.0750 e. The van der Waals surface area contributed by atoms with Crippen LogP contribution in [0.3, 0.4) is 0 Å². The Morgan fingerprint density at radius 3 is 2.95 bits per heavy atom. The summed E-state index contributed by atoms with van der Waals surface area (Å²) in [5, 5.41) is 16.8. The van der Waals surface area contributed by atoms with E-state index in [0.717, 1.165) is 29.6 Å². The average Bonchev–Trinajstić information content (AvgIpc) is 2.85. The van der Waals surface area contributed by atoms with Crippen LogP contribution in [0.1, 0.15) is 38.8 Å². The number of ether oxygens (including phenoxy) is 1. The van der Waals surface area contributed by atoms with E-state index in [0.29, 0.717) is 25.9 Å². The van der Waals surface area contributed by atoms with Gasteiger partial charge in [-0.15, -0.1) is 0 Å². The van der Waals surface area contributed by atoms with Crippen molar-refractivity contribution in [3.05, 3.63) is 30.0 Å². The molecular weight excluding hydrogens is 264 g/mol. The van der Waals surface area contributed by atoms with Crippen molar-refractivity contribution in [2.75, 3.05) is 6.61 Å². The van der Waals surface area contributed by atoms with Gasteiger partial charge in [-0.2, -0.15) is 5.10 Å². The van der Waals surface area contributed by atoms with Crippen molar-refractivity contribution >= 4 is 10.9 Å². The molecule has 1 aliphatic rings. The van der Waals surface area contributed by atoms with Gasteiger partial charge in [-0.25, -0.2) is 0 Å². The van der Waals surface area contributed by atoms with Crippen LogP contribution in [0.2, 0.25) is 0 Å². The van der Waals surface area contributed by atoms with Crippen LogP contribution in [0.25, 0.3) is 10.9 Å². The van der Waals surface area contributed by atoms with Crippen molar-refractivity contribution in [2.45, 2.75) is 57.8 Å². The van der Waals surface area contributed by atoms with Crippen LogP contribution < -0.4 is 0 Å². The van der Waals surface area contributed by atoms with Crippen LogP contribution in [0.15, 0.2) is 24.3 Å². The molecule has 2 atom stereocenters. The second kappa shape index (κ2) is 5.78. The number of hydrogen-bond acceptors (Lipinski definition) is 3. The number of aryl methyl sites for hydroxylation is 1. The van der Waals surface area contributed by atoms with Gasteiger partial charge in [-0.3, -0.25) is 4.68 Å². The van der Waals surface area contributed by atoms with Gasteiger partial charge in [0.25, 0.3) is 0 Å². The van der Waals surface area contributed by atoms with Crippen LogP contribution in [0, 0.1) is 0 Å². The first-order valence-electron chi connectivity index (χ1n) is 7.93. The van der Waals surface area contributed by atoms with E-state index in [1.54, 1.807) is 0 Å². The second-order valence-corrected chi connectivity index (χ2v) is 6.04. The van der Waals surface area contributed by atoms with Crippen molar-refractivity contribution in [3.63, 3.8) is 0 Å². The molecule has 1 aromatic carbocycles. The molecule has 1 aliphatic heterocycles. The van der Waals surface area contributed by atoms with Crippen LogP contribution in [0.4, 0.5) is 0 Å². The zero-order valence-electron chi connectivity index (χ0n) is 12.9. The van der Waals surface area contributed by atoms with E-state index in [9.17, 15) is 5.11 Å². The standard InChI is InChI=1S/C17H24N2O2/c1-3-13-11-17(20,9-10-21-13)12-15-14-7-5-6-8-16(14)19(4-2)18-15/h5-8,13,20H,3-4,9-12H2,1-2H3. The Morgan fingerprint density at radius 2 is 2.19 bits per heavy atom. The summed E-state index contributed by atoms with van der Waals surface area (Å²) in [5.41, 5.74) is 1.47. The summed E-state index contributed by atoms with van der Waals surface area (Å²) in [4.78, 5) is 0. The molecule has 1 saturated heterocycles. The van der Waals surface area contributed by atoms with Gasteiger partial charge in [-0.1, -0.05) is 25.1 Å². The molecule has 1 fully saturated rings. The van der Waals surface area contributed by atoms with E-state index in [1.807, 2.05) is 16.8 Å². The molecule has 21 heavy (non-hydrogen) atoms. The molecule has 0 saturated carbocycles. The normalized spacial score (nSPS) is 26.3. The van der Waals surface area contributed by atoms with Crippen molar-refractivity contribution in [2.24, 2.45) is 0 Å². The monoisotopic (exact) mass is 288 g/mol. The second-order valence-electron chi connectivity index (χ2n) is 6.04. The highest BCUT2D eigenvalue weighted by Gasteiger charge is 2.35. The summed E-state index contributed by atoms with van der Waals surface area (Å²) in [7, 11) is 0. The van der Waals surface area contributed by atoms with E-state index >= 15 is 0 Å². The van der Waals surface area contributed by atoms with E-state index in [2.05, 4.69) is 26.0 Å². The molecule has 0 bridgehead atoms. The van der Waals surface area contributed by atoms with E-state index < -0.39 is 5.60 Å². The molecule has 0 radical (unpaired) electrons. The third-order valence-corrected chi connectivity index (χ3v) is 4.51. The number of benzene rings is 1. The molecule has 2 aromatic rings. The highest BCUT2D eigenvalue weighted by Crippen LogP contribution is 2.31. The zero-order chi connectivity index (χ0) is 14.9.